The number of para-hydroxylation sites is 1. The first kappa shape index (κ1) is 7.79. The van der Waals surface area contributed by atoms with Gasteiger partial charge in [-0.25, -0.2) is 9.97 Å². The minimum Gasteiger partial charge on any atom is -0.480 e. The summed E-state index contributed by atoms with van der Waals surface area (Å²) in [4.78, 5) is 8.33. The van der Waals surface area contributed by atoms with Crippen molar-refractivity contribution in [2.75, 3.05) is 12.8 Å². The minimum absolute atomic E-state index is 0.477. The van der Waals surface area contributed by atoms with Crippen LogP contribution in [0.25, 0.3) is 11.0 Å². The number of methoxy groups -OCH3 is 1. The van der Waals surface area contributed by atoms with E-state index in [1.165, 1.54) is 0 Å². The lowest BCUT2D eigenvalue weighted by Gasteiger charge is -2.02. The second-order valence-corrected chi connectivity index (χ2v) is 2.63. The van der Waals surface area contributed by atoms with Crippen LogP contribution >= 0.6 is 0 Å². The van der Waals surface area contributed by atoms with Crippen LogP contribution in [0.1, 0.15) is 0 Å². The Labute approximate surface area is 75.4 Å². The van der Waals surface area contributed by atoms with Crippen molar-refractivity contribution >= 4 is 16.7 Å². The Kier molecular flexibility index (Phi) is 1.73. The molecule has 0 aliphatic carbocycles. The first-order valence-electron chi connectivity index (χ1n) is 3.86. The summed E-state index contributed by atoms with van der Waals surface area (Å²) < 4.78 is 4.95. The largest absolute Gasteiger partial charge is 0.480 e. The molecule has 2 N–H and O–H groups in total. The van der Waals surface area contributed by atoms with Gasteiger partial charge < -0.3 is 10.5 Å². The highest BCUT2D eigenvalue weighted by Crippen LogP contribution is 2.18. The average Bonchev–Trinajstić information content (AvgIpc) is 2.18. The van der Waals surface area contributed by atoms with Gasteiger partial charge in [-0.15, -0.1) is 0 Å². The third-order valence-corrected chi connectivity index (χ3v) is 1.79. The van der Waals surface area contributed by atoms with Crippen LogP contribution in [0.5, 0.6) is 5.88 Å². The molecule has 0 amide bonds. The molecule has 0 saturated heterocycles. The number of hydrogen-bond donors (Lipinski definition) is 1. The fourth-order valence-electron chi connectivity index (χ4n) is 1.14. The van der Waals surface area contributed by atoms with Crippen LogP contribution in [0.3, 0.4) is 0 Å². The Morgan fingerprint density at radius 2 is 2.23 bits per heavy atom. The molecule has 13 heavy (non-hydrogen) atoms. The lowest BCUT2D eigenvalue weighted by atomic mass is 10.2. The smallest absolute Gasteiger partial charge is 0.232 e. The monoisotopic (exact) mass is 175 g/mol. The van der Waals surface area contributed by atoms with E-state index in [1.807, 2.05) is 12.1 Å². The molecule has 2 rings (SSSR count). The van der Waals surface area contributed by atoms with Gasteiger partial charge in [0.2, 0.25) is 5.88 Å². The molecule has 1 heterocycles. The molecule has 0 fully saturated rings. The second-order valence-electron chi connectivity index (χ2n) is 2.63. The predicted octanol–water partition coefficient (Wildman–Crippen LogP) is 1.22. The van der Waals surface area contributed by atoms with Gasteiger partial charge in [0.1, 0.15) is 5.52 Å². The van der Waals surface area contributed by atoms with E-state index in [9.17, 15) is 0 Å². The van der Waals surface area contributed by atoms with Crippen molar-refractivity contribution in [1.29, 1.82) is 0 Å². The summed E-state index contributed by atoms with van der Waals surface area (Å²) in [7, 11) is 1.55. The van der Waals surface area contributed by atoms with E-state index in [4.69, 9.17) is 10.5 Å². The molecule has 0 aliphatic rings. The second kappa shape index (κ2) is 2.90. The Balaban J connectivity index is 2.74. The summed E-state index contributed by atoms with van der Waals surface area (Å²) in [6.45, 7) is 0. The van der Waals surface area contributed by atoms with Crippen molar-refractivity contribution in [3.63, 3.8) is 0 Å². The summed E-state index contributed by atoms with van der Waals surface area (Å²) in [5.41, 5.74) is 7.80. The van der Waals surface area contributed by atoms with Crippen LogP contribution in [0.2, 0.25) is 0 Å². The maximum atomic E-state index is 5.72. The van der Waals surface area contributed by atoms with Gasteiger partial charge in [0.05, 0.1) is 24.5 Å². The molecule has 0 radical (unpaired) electrons. The van der Waals surface area contributed by atoms with Gasteiger partial charge in [-0.3, -0.25) is 0 Å². The SMILES string of the molecule is COc1cnc2cccc(N)c2n1. The number of ether oxygens (including phenoxy) is 1. The molecule has 0 bridgehead atoms. The topological polar surface area (TPSA) is 61.0 Å². The van der Waals surface area contributed by atoms with Crippen molar-refractivity contribution < 1.29 is 4.74 Å². The predicted molar refractivity (Wildman–Crippen MR) is 50.5 cm³/mol. The zero-order chi connectivity index (χ0) is 9.26. The van der Waals surface area contributed by atoms with Crippen LogP contribution in [-0.4, -0.2) is 17.1 Å². The summed E-state index contributed by atoms with van der Waals surface area (Å²) >= 11 is 0. The van der Waals surface area contributed by atoms with E-state index < -0.39 is 0 Å². The molecule has 0 atom stereocenters. The molecule has 0 unspecified atom stereocenters. The van der Waals surface area contributed by atoms with Crippen molar-refractivity contribution in [2.24, 2.45) is 0 Å². The van der Waals surface area contributed by atoms with E-state index in [1.54, 1.807) is 19.4 Å². The Bertz CT molecular complexity index is 442. The van der Waals surface area contributed by atoms with E-state index in [0.717, 1.165) is 5.52 Å². The maximum Gasteiger partial charge on any atom is 0.232 e. The first-order chi connectivity index (χ1) is 6.31. The van der Waals surface area contributed by atoms with E-state index in [2.05, 4.69) is 9.97 Å². The van der Waals surface area contributed by atoms with Gasteiger partial charge in [0, 0.05) is 0 Å². The summed E-state index contributed by atoms with van der Waals surface area (Å²) in [6.07, 6.45) is 1.57. The van der Waals surface area contributed by atoms with Crippen LogP contribution < -0.4 is 10.5 Å². The van der Waals surface area contributed by atoms with E-state index in [0.29, 0.717) is 17.1 Å². The Hall–Kier alpha value is -1.84. The number of aromatic nitrogens is 2. The van der Waals surface area contributed by atoms with Crippen LogP contribution in [-0.2, 0) is 0 Å². The number of nitrogens with two attached hydrogens (primary N) is 1. The number of nitrogens with zero attached hydrogens (tertiary/aromatic N) is 2. The molecule has 4 heteroatoms. The van der Waals surface area contributed by atoms with Crippen molar-refractivity contribution in [3.8, 4) is 5.88 Å². The van der Waals surface area contributed by atoms with Gasteiger partial charge in [0.15, 0.2) is 0 Å². The van der Waals surface area contributed by atoms with E-state index >= 15 is 0 Å². The molecule has 1 aromatic heterocycles. The zero-order valence-electron chi connectivity index (χ0n) is 7.19. The van der Waals surface area contributed by atoms with Gasteiger partial charge in [-0.2, -0.15) is 0 Å². The molecule has 66 valence electrons. The Morgan fingerprint density at radius 1 is 1.38 bits per heavy atom. The number of hydrogen-bond acceptors (Lipinski definition) is 4. The standard InChI is InChI=1S/C9H9N3O/c1-13-8-5-11-7-4-2-3-6(10)9(7)12-8/h2-5H,10H2,1H3. The third-order valence-electron chi connectivity index (χ3n) is 1.79. The van der Waals surface area contributed by atoms with Gasteiger partial charge in [-0.05, 0) is 12.1 Å². The highest BCUT2D eigenvalue weighted by molar-refractivity contribution is 5.86. The zero-order valence-corrected chi connectivity index (χ0v) is 7.19. The molecule has 0 aliphatic heterocycles. The number of fused-ring (bicyclic) bond motifs is 1. The van der Waals surface area contributed by atoms with Crippen molar-refractivity contribution in [3.05, 3.63) is 24.4 Å². The number of nitrogen functional groups attached to an aromatic ring is 1. The summed E-state index contributed by atoms with van der Waals surface area (Å²) in [5, 5.41) is 0. The van der Waals surface area contributed by atoms with Crippen LogP contribution in [0.15, 0.2) is 24.4 Å². The summed E-state index contributed by atoms with van der Waals surface area (Å²) in [5.74, 6) is 0.477. The van der Waals surface area contributed by atoms with Crippen LogP contribution in [0, 0.1) is 0 Å². The quantitative estimate of drug-likeness (QED) is 0.662. The van der Waals surface area contributed by atoms with Crippen LogP contribution in [0.4, 0.5) is 5.69 Å². The molecule has 4 nitrogen and oxygen atoms in total. The molecule has 0 saturated carbocycles. The van der Waals surface area contributed by atoms with Crippen molar-refractivity contribution in [2.45, 2.75) is 0 Å². The van der Waals surface area contributed by atoms with Gasteiger partial charge >= 0.3 is 0 Å². The fraction of sp³-hybridized carbons (Fsp3) is 0.111. The molecular formula is C9H9N3O. The molecule has 1 aromatic carbocycles. The lowest BCUT2D eigenvalue weighted by Crippen LogP contribution is -1.94. The highest BCUT2D eigenvalue weighted by atomic mass is 16.5. The van der Waals surface area contributed by atoms with E-state index in [-0.39, 0.29) is 0 Å². The molecular weight excluding hydrogens is 166 g/mol. The normalized spacial score (nSPS) is 10.2. The average molecular weight is 175 g/mol. The van der Waals surface area contributed by atoms with Gasteiger partial charge in [-0.1, -0.05) is 6.07 Å². The summed E-state index contributed by atoms with van der Waals surface area (Å²) in [6, 6.07) is 5.49. The maximum absolute atomic E-state index is 5.72. The fourth-order valence-corrected chi connectivity index (χ4v) is 1.14. The number of anilines is 1. The number of benzene rings is 1. The minimum atomic E-state index is 0.477. The highest BCUT2D eigenvalue weighted by Gasteiger charge is 2.01. The molecule has 2 aromatic rings. The Morgan fingerprint density at radius 3 is 3.00 bits per heavy atom. The van der Waals surface area contributed by atoms with Crippen molar-refractivity contribution in [1.82, 2.24) is 9.97 Å². The first-order valence-corrected chi connectivity index (χ1v) is 3.86. The number of rotatable bonds is 1. The van der Waals surface area contributed by atoms with Gasteiger partial charge in [0.25, 0.3) is 0 Å². The molecule has 0 spiro atoms. The lowest BCUT2D eigenvalue weighted by molar-refractivity contribution is 0.398. The third kappa shape index (κ3) is 1.26.